The van der Waals surface area contributed by atoms with Crippen molar-refractivity contribution in [1.82, 2.24) is 9.55 Å². The first-order chi connectivity index (χ1) is 8.20. The first-order valence-electron chi connectivity index (χ1n) is 5.89. The maximum absolute atomic E-state index is 5.82. The van der Waals surface area contributed by atoms with Gasteiger partial charge in [-0.1, -0.05) is 17.7 Å². The van der Waals surface area contributed by atoms with Crippen LogP contribution in [0.25, 0.3) is 0 Å². The van der Waals surface area contributed by atoms with Crippen LogP contribution in [-0.2, 0) is 13.2 Å². The number of aromatic nitrogens is 2. The Morgan fingerprint density at radius 1 is 1.29 bits per heavy atom. The van der Waals surface area contributed by atoms with Crippen molar-refractivity contribution >= 4 is 0 Å². The molecule has 0 bridgehead atoms. The molecule has 0 aliphatic rings. The highest BCUT2D eigenvalue weighted by Gasteiger charge is 2.03. The molecule has 0 spiro atoms. The Balaban J connectivity index is 2.07. The van der Waals surface area contributed by atoms with Crippen LogP contribution in [0.5, 0.6) is 5.75 Å². The molecule has 2 rings (SSSR count). The predicted octanol–water partition coefficient (Wildman–Crippen LogP) is 3.10. The second-order valence-electron chi connectivity index (χ2n) is 4.23. The monoisotopic (exact) mass is 230 g/mol. The van der Waals surface area contributed by atoms with Crippen LogP contribution in [0.3, 0.4) is 0 Å². The Morgan fingerprint density at radius 2 is 2.12 bits per heavy atom. The lowest BCUT2D eigenvalue weighted by molar-refractivity contribution is 0.293. The predicted molar refractivity (Wildman–Crippen MR) is 68.1 cm³/mol. The second-order valence-corrected chi connectivity index (χ2v) is 4.23. The number of hydrogen-bond donors (Lipinski definition) is 0. The second kappa shape index (κ2) is 5.04. The maximum Gasteiger partial charge on any atom is 0.130 e. The van der Waals surface area contributed by atoms with E-state index in [-0.39, 0.29) is 0 Å². The lowest BCUT2D eigenvalue weighted by Gasteiger charge is -2.10. The number of aryl methyl sites for hydroxylation is 3. The van der Waals surface area contributed by atoms with Gasteiger partial charge in [0.15, 0.2) is 0 Å². The summed E-state index contributed by atoms with van der Waals surface area (Å²) in [7, 11) is 0. The molecule has 0 saturated carbocycles. The average molecular weight is 230 g/mol. The fourth-order valence-corrected chi connectivity index (χ4v) is 1.87. The topological polar surface area (TPSA) is 27.1 Å². The van der Waals surface area contributed by atoms with Crippen molar-refractivity contribution in [2.45, 2.75) is 33.9 Å². The number of ether oxygens (including phenoxy) is 1. The zero-order valence-corrected chi connectivity index (χ0v) is 10.6. The van der Waals surface area contributed by atoms with Crippen LogP contribution >= 0.6 is 0 Å². The molecule has 0 aliphatic heterocycles. The van der Waals surface area contributed by atoms with Crippen molar-refractivity contribution in [3.63, 3.8) is 0 Å². The zero-order chi connectivity index (χ0) is 12.3. The van der Waals surface area contributed by atoms with Crippen LogP contribution in [0, 0.1) is 13.8 Å². The van der Waals surface area contributed by atoms with E-state index in [1.54, 1.807) is 0 Å². The van der Waals surface area contributed by atoms with Gasteiger partial charge in [-0.25, -0.2) is 4.98 Å². The first kappa shape index (κ1) is 11.7. The Morgan fingerprint density at radius 3 is 2.82 bits per heavy atom. The summed E-state index contributed by atoms with van der Waals surface area (Å²) in [6, 6.07) is 6.23. The molecule has 0 unspecified atom stereocenters. The van der Waals surface area contributed by atoms with E-state index in [0.29, 0.717) is 6.61 Å². The van der Waals surface area contributed by atoms with Gasteiger partial charge in [0.1, 0.15) is 12.4 Å². The summed E-state index contributed by atoms with van der Waals surface area (Å²) >= 11 is 0. The molecular weight excluding hydrogens is 212 g/mol. The molecule has 17 heavy (non-hydrogen) atoms. The minimum atomic E-state index is 0.567. The molecule has 1 heterocycles. The van der Waals surface area contributed by atoms with Gasteiger partial charge >= 0.3 is 0 Å². The Labute approximate surface area is 102 Å². The van der Waals surface area contributed by atoms with Gasteiger partial charge in [-0.3, -0.25) is 0 Å². The third-order valence-electron chi connectivity index (χ3n) is 2.85. The van der Waals surface area contributed by atoms with Gasteiger partial charge in [0.25, 0.3) is 0 Å². The van der Waals surface area contributed by atoms with Crippen LogP contribution in [0.2, 0.25) is 0 Å². The molecule has 0 radical (unpaired) electrons. The molecule has 2 aromatic rings. The Bertz CT molecular complexity index is 503. The number of benzene rings is 1. The van der Waals surface area contributed by atoms with E-state index in [9.17, 15) is 0 Å². The van der Waals surface area contributed by atoms with Gasteiger partial charge in [0.05, 0.1) is 18.2 Å². The molecule has 3 nitrogen and oxygen atoms in total. The number of hydrogen-bond acceptors (Lipinski definition) is 2. The van der Waals surface area contributed by atoms with Gasteiger partial charge in [-0.2, -0.15) is 0 Å². The molecule has 90 valence electrons. The largest absolute Gasteiger partial charge is 0.487 e. The van der Waals surface area contributed by atoms with Crippen LogP contribution in [0.4, 0.5) is 0 Å². The number of nitrogens with zero attached hydrogens (tertiary/aromatic N) is 2. The summed E-state index contributed by atoms with van der Waals surface area (Å²) < 4.78 is 7.90. The molecule has 0 N–H and O–H groups in total. The maximum atomic E-state index is 5.82. The van der Waals surface area contributed by atoms with Gasteiger partial charge < -0.3 is 9.30 Å². The molecule has 1 aromatic carbocycles. The molecular formula is C14H18N2O. The van der Waals surface area contributed by atoms with Crippen molar-refractivity contribution in [3.8, 4) is 5.75 Å². The third kappa shape index (κ3) is 2.67. The van der Waals surface area contributed by atoms with Crippen LogP contribution in [-0.4, -0.2) is 9.55 Å². The van der Waals surface area contributed by atoms with Gasteiger partial charge in [-0.15, -0.1) is 0 Å². The normalized spacial score (nSPS) is 10.5. The molecule has 0 fully saturated rings. The molecule has 0 amide bonds. The fraction of sp³-hybridized carbons (Fsp3) is 0.357. The molecule has 1 aromatic heterocycles. The lowest BCUT2D eigenvalue weighted by Crippen LogP contribution is -2.04. The van der Waals surface area contributed by atoms with Crippen LogP contribution in [0.1, 0.15) is 23.7 Å². The van der Waals surface area contributed by atoms with Gasteiger partial charge in [-0.05, 0) is 32.4 Å². The van der Waals surface area contributed by atoms with E-state index in [0.717, 1.165) is 18.0 Å². The molecule has 3 heteroatoms. The number of imidazole rings is 1. The highest BCUT2D eigenvalue weighted by atomic mass is 16.5. The quantitative estimate of drug-likeness (QED) is 0.807. The minimum Gasteiger partial charge on any atom is -0.487 e. The Hall–Kier alpha value is -1.77. The summed E-state index contributed by atoms with van der Waals surface area (Å²) in [6.45, 7) is 7.74. The van der Waals surface area contributed by atoms with E-state index < -0.39 is 0 Å². The van der Waals surface area contributed by atoms with E-state index in [1.165, 1.54) is 11.1 Å². The van der Waals surface area contributed by atoms with Crippen molar-refractivity contribution in [1.29, 1.82) is 0 Å². The van der Waals surface area contributed by atoms with Crippen molar-refractivity contribution in [2.75, 3.05) is 0 Å². The standard InChI is InChI=1S/C14H18N2O/c1-4-16-10-15-8-13(16)9-17-14-6-5-11(2)7-12(14)3/h5-8,10H,4,9H2,1-3H3. The summed E-state index contributed by atoms with van der Waals surface area (Å²) in [4.78, 5) is 4.12. The summed E-state index contributed by atoms with van der Waals surface area (Å²) in [5, 5.41) is 0. The van der Waals surface area contributed by atoms with Crippen LogP contribution < -0.4 is 4.74 Å². The summed E-state index contributed by atoms with van der Waals surface area (Å²) in [5.41, 5.74) is 3.54. The fourth-order valence-electron chi connectivity index (χ4n) is 1.87. The van der Waals surface area contributed by atoms with Crippen molar-refractivity contribution < 1.29 is 4.74 Å². The van der Waals surface area contributed by atoms with Gasteiger partial charge in [0, 0.05) is 6.54 Å². The zero-order valence-electron chi connectivity index (χ0n) is 10.6. The average Bonchev–Trinajstić information content (AvgIpc) is 2.75. The minimum absolute atomic E-state index is 0.567. The van der Waals surface area contributed by atoms with Gasteiger partial charge in [0.2, 0.25) is 0 Å². The summed E-state index contributed by atoms with van der Waals surface area (Å²) in [5.74, 6) is 0.944. The van der Waals surface area contributed by atoms with E-state index in [4.69, 9.17) is 4.74 Å². The highest BCUT2D eigenvalue weighted by molar-refractivity contribution is 5.35. The summed E-state index contributed by atoms with van der Waals surface area (Å²) in [6.07, 6.45) is 3.69. The first-order valence-corrected chi connectivity index (χ1v) is 5.89. The molecule has 0 aliphatic carbocycles. The smallest absolute Gasteiger partial charge is 0.130 e. The molecule has 0 atom stereocenters. The van der Waals surface area contributed by atoms with E-state index in [2.05, 4.69) is 42.5 Å². The van der Waals surface area contributed by atoms with Crippen molar-refractivity contribution in [2.24, 2.45) is 0 Å². The van der Waals surface area contributed by atoms with E-state index >= 15 is 0 Å². The highest BCUT2D eigenvalue weighted by Crippen LogP contribution is 2.19. The lowest BCUT2D eigenvalue weighted by atomic mass is 10.1. The third-order valence-corrected chi connectivity index (χ3v) is 2.85. The SMILES string of the molecule is CCn1cncc1COc1ccc(C)cc1C. The van der Waals surface area contributed by atoms with Crippen molar-refractivity contribution in [3.05, 3.63) is 47.5 Å². The van der Waals surface area contributed by atoms with E-state index in [1.807, 2.05) is 18.6 Å². The van der Waals surface area contributed by atoms with Crippen LogP contribution in [0.15, 0.2) is 30.7 Å². The molecule has 0 saturated heterocycles. The Kier molecular flexibility index (Phi) is 3.47. The number of rotatable bonds is 4.